The molecule has 0 saturated carbocycles. The van der Waals surface area contributed by atoms with Gasteiger partial charge in [0.1, 0.15) is 12.3 Å². The van der Waals surface area contributed by atoms with Crippen LogP contribution in [-0.4, -0.2) is 36.9 Å². The highest BCUT2D eigenvalue weighted by Gasteiger charge is 2.13. The van der Waals surface area contributed by atoms with Crippen molar-refractivity contribution in [1.29, 1.82) is 0 Å². The Kier molecular flexibility index (Phi) is 5.37. The summed E-state index contributed by atoms with van der Waals surface area (Å²) in [4.78, 5) is 4.77. The molecule has 1 aromatic heterocycles. The molecule has 0 aromatic carbocycles. The molecule has 0 aliphatic heterocycles. The van der Waals surface area contributed by atoms with Gasteiger partial charge in [0, 0.05) is 5.33 Å². The molecule has 0 atom stereocenters. The van der Waals surface area contributed by atoms with Crippen LogP contribution >= 0.6 is 15.9 Å². The Morgan fingerprint density at radius 3 is 2.82 bits per heavy atom. The molecule has 1 heterocycles. The monoisotopic (exact) mass is 327 g/mol. The van der Waals surface area contributed by atoms with Gasteiger partial charge in [0.15, 0.2) is 0 Å². The predicted molar refractivity (Wildman–Crippen MR) is 66.3 cm³/mol. The van der Waals surface area contributed by atoms with Gasteiger partial charge in [-0.3, -0.25) is 19.2 Å². The average Bonchev–Trinajstić information content (AvgIpc) is 2.58. The standard InChI is InChI=1S/C8H14BrN3O4S/c1-15-11-7-5-10-12(4-3-9)8(7)6-16-17(2,13)14/h5,11H,3-4,6H2,1-2H3. The fourth-order valence-corrected chi connectivity index (χ4v) is 1.86. The second kappa shape index (κ2) is 6.34. The summed E-state index contributed by atoms with van der Waals surface area (Å²) < 4.78 is 28.3. The molecule has 1 N–H and O–H groups in total. The summed E-state index contributed by atoms with van der Waals surface area (Å²) >= 11 is 3.29. The minimum Gasteiger partial charge on any atom is -0.279 e. The molecule has 0 saturated heterocycles. The molecule has 0 spiro atoms. The van der Waals surface area contributed by atoms with Crippen LogP contribution in [0.15, 0.2) is 6.20 Å². The lowest BCUT2D eigenvalue weighted by atomic mass is 10.4. The highest BCUT2D eigenvalue weighted by molar-refractivity contribution is 9.09. The van der Waals surface area contributed by atoms with Gasteiger partial charge in [-0.25, -0.2) is 0 Å². The van der Waals surface area contributed by atoms with E-state index in [1.165, 1.54) is 7.11 Å². The zero-order chi connectivity index (χ0) is 12.9. The number of alkyl halides is 1. The van der Waals surface area contributed by atoms with Crippen LogP contribution in [0.1, 0.15) is 5.69 Å². The fraction of sp³-hybridized carbons (Fsp3) is 0.625. The molecule has 1 aromatic rings. The summed E-state index contributed by atoms with van der Waals surface area (Å²) in [5, 5.41) is 4.80. The lowest BCUT2D eigenvalue weighted by molar-refractivity contribution is 0.265. The van der Waals surface area contributed by atoms with Crippen molar-refractivity contribution in [3.8, 4) is 0 Å². The van der Waals surface area contributed by atoms with E-state index < -0.39 is 10.1 Å². The van der Waals surface area contributed by atoms with E-state index >= 15 is 0 Å². The minimum absolute atomic E-state index is 0.0858. The average molecular weight is 328 g/mol. The summed E-state index contributed by atoms with van der Waals surface area (Å²) in [6.07, 6.45) is 2.55. The third-order valence-corrected chi connectivity index (χ3v) is 2.77. The molecule has 0 unspecified atom stereocenters. The number of anilines is 1. The highest BCUT2D eigenvalue weighted by Crippen LogP contribution is 2.17. The summed E-state index contributed by atoms with van der Waals surface area (Å²) in [5.74, 6) is 0. The second-order valence-corrected chi connectivity index (χ2v) is 5.63. The maximum Gasteiger partial charge on any atom is 0.264 e. The van der Waals surface area contributed by atoms with Gasteiger partial charge in [0.25, 0.3) is 10.1 Å². The van der Waals surface area contributed by atoms with Gasteiger partial charge in [0.05, 0.1) is 31.8 Å². The normalized spacial score (nSPS) is 11.7. The number of rotatable bonds is 7. The van der Waals surface area contributed by atoms with E-state index in [1.54, 1.807) is 10.9 Å². The summed E-state index contributed by atoms with van der Waals surface area (Å²) in [5.41, 5.74) is 3.81. The van der Waals surface area contributed by atoms with Gasteiger partial charge in [-0.1, -0.05) is 15.9 Å². The van der Waals surface area contributed by atoms with Crippen LogP contribution in [0.25, 0.3) is 0 Å². The second-order valence-electron chi connectivity index (χ2n) is 3.19. The first-order valence-electron chi connectivity index (χ1n) is 4.72. The topological polar surface area (TPSA) is 82.4 Å². The van der Waals surface area contributed by atoms with Gasteiger partial charge in [-0.2, -0.15) is 13.5 Å². The van der Waals surface area contributed by atoms with Crippen molar-refractivity contribution in [3.05, 3.63) is 11.9 Å². The minimum atomic E-state index is -3.49. The fourth-order valence-electron chi connectivity index (χ4n) is 1.19. The Hall–Kier alpha value is -0.640. The van der Waals surface area contributed by atoms with Gasteiger partial charge in [-0.15, -0.1) is 0 Å². The molecule has 7 nitrogen and oxygen atoms in total. The number of nitrogens with one attached hydrogen (secondary N) is 1. The van der Waals surface area contributed by atoms with E-state index in [9.17, 15) is 8.42 Å². The van der Waals surface area contributed by atoms with Crippen LogP contribution in [0.5, 0.6) is 0 Å². The van der Waals surface area contributed by atoms with E-state index in [0.29, 0.717) is 23.3 Å². The van der Waals surface area contributed by atoms with E-state index in [4.69, 9.17) is 9.02 Å². The summed E-state index contributed by atoms with van der Waals surface area (Å²) in [6.45, 7) is 0.519. The molecule has 0 aliphatic rings. The van der Waals surface area contributed by atoms with Gasteiger partial charge >= 0.3 is 0 Å². The van der Waals surface area contributed by atoms with Crippen LogP contribution in [0, 0.1) is 0 Å². The van der Waals surface area contributed by atoms with E-state index in [0.717, 1.165) is 6.26 Å². The van der Waals surface area contributed by atoms with Crippen LogP contribution < -0.4 is 5.48 Å². The molecule has 0 bridgehead atoms. The number of aromatic nitrogens is 2. The third kappa shape index (κ3) is 4.62. The Bertz CT molecular complexity index is 436. The lowest BCUT2D eigenvalue weighted by Gasteiger charge is -2.08. The zero-order valence-electron chi connectivity index (χ0n) is 9.51. The quantitative estimate of drug-likeness (QED) is 0.451. The number of halogens is 1. The smallest absolute Gasteiger partial charge is 0.264 e. The van der Waals surface area contributed by atoms with Crippen LogP contribution in [0.4, 0.5) is 5.69 Å². The van der Waals surface area contributed by atoms with Crippen LogP contribution in [-0.2, 0) is 32.3 Å². The Morgan fingerprint density at radius 2 is 2.29 bits per heavy atom. The molecule has 17 heavy (non-hydrogen) atoms. The van der Waals surface area contributed by atoms with Gasteiger partial charge < -0.3 is 0 Å². The molecular weight excluding hydrogens is 314 g/mol. The molecule has 0 radical (unpaired) electrons. The van der Waals surface area contributed by atoms with Crippen molar-refractivity contribution in [1.82, 2.24) is 9.78 Å². The maximum absolute atomic E-state index is 11.0. The number of nitrogens with zero attached hydrogens (tertiary/aromatic N) is 2. The van der Waals surface area contributed by atoms with Crippen molar-refractivity contribution in [2.75, 3.05) is 24.2 Å². The van der Waals surface area contributed by atoms with Crippen LogP contribution in [0.2, 0.25) is 0 Å². The van der Waals surface area contributed by atoms with Crippen molar-refractivity contribution in [2.24, 2.45) is 0 Å². The van der Waals surface area contributed by atoms with Crippen molar-refractivity contribution >= 4 is 31.7 Å². The first-order chi connectivity index (χ1) is 7.98. The molecular formula is C8H14BrN3O4S. The first-order valence-corrected chi connectivity index (χ1v) is 7.65. The lowest BCUT2D eigenvalue weighted by Crippen LogP contribution is -2.11. The summed E-state index contributed by atoms with van der Waals surface area (Å²) in [7, 11) is -2.02. The van der Waals surface area contributed by atoms with E-state index in [-0.39, 0.29) is 6.61 Å². The van der Waals surface area contributed by atoms with E-state index in [2.05, 4.69) is 26.5 Å². The Morgan fingerprint density at radius 1 is 1.59 bits per heavy atom. The maximum atomic E-state index is 11.0. The zero-order valence-corrected chi connectivity index (χ0v) is 11.9. The van der Waals surface area contributed by atoms with Gasteiger partial charge in [-0.05, 0) is 0 Å². The number of aryl methyl sites for hydroxylation is 1. The van der Waals surface area contributed by atoms with Crippen molar-refractivity contribution in [3.63, 3.8) is 0 Å². The molecule has 0 amide bonds. The van der Waals surface area contributed by atoms with E-state index in [1.807, 2.05) is 0 Å². The SMILES string of the molecule is CONc1cnn(CCBr)c1COS(C)(=O)=O. The molecule has 9 heteroatoms. The number of hydrogen-bond acceptors (Lipinski definition) is 6. The molecule has 1 rings (SSSR count). The molecule has 98 valence electrons. The Labute approximate surface area is 108 Å². The third-order valence-electron chi connectivity index (χ3n) is 1.87. The predicted octanol–water partition coefficient (Wildman–Crippen LogP) is 0.728. The van der Waals surface area contributed by atoms with Gasteiger partial charge in [0.2, 0.25) is 0 Å². The Balaban J connectivity index is 2.87. The van der Waals surface area contributed by atoms with Crippen molar-refractivity contribution in [2.45, 2.75) is 13.2 Å². The highest BCUT2D eigenvalue weighted by atomic mass is 79.9. The first kappa shape index (κ1) is 14.4. The molecule has 0 aliphatic carbocycles. The van der Waals surface area contributed by atoms with Crippen LogP contribution in [0.3, 0.4) is 0 Å². The van der Waals surface area contributed by atoms with Crippen molar-refractivity contribution < 1.29 is 17.4 Å². The molecule has 0 fully saturated rings. The largest absolute Gasteiger partial charge is 0.279 e. The summed E-state index contributed by atoms with van der Waals surface area (Å²) in [6, 6.07) is 0. The number of hydrogen-bond donors (Lipinski definition) is 1.